The zero-order chi connectivity index (χ0) is 13.3. The van der Waals surface area contributed by atoms with Crippen LogP contribution in [0, 0.1) is 0 Å². The van der Waals surface area contributed by atoms with Crippen molar-refractivity contribution in [3.63, 3.8) is 0 Å². The van der Waals surface area contributed by atoms with Gasteiger partial charge in [0.05, 0.1) is 0 Å². The van der Waals surface area contributed by atoms with Crippen molar-refractivity contribution in [2.75, 3.05) is 6.54 Å². The summed E-state index contributed by atoms with van der Waals surface area (Å²) >= 11 is 1.61. The van der Waals surface area contributed by atoms with Crippen molar-refractivity contribution < 1.29 is 0 Å². The third-order valence-corrected chi connectivity index (χ3v) is 4.01. The summed E-state index contributed by atoms with van der Waals surface area (Å²) in [6.45, 7) is 9.17. The van der Waals surface area contributed by atoms with Crippen LogP contribution in [0.1, 0.15) is 57.3 Å². The van der Waals surface area contributed by atoms with Gasteiger partial charge in [-0.05, 0) is 6.42 Å². The zero-order valence-electron chi connectivity index (χ0n) is 11.5. The lowest BCUT2D eigenvalue weighted by molar-refractivity contribution is 0.522. The smallest absolute Gasteiger partial charge is 0.234 e. The molecule has 18 heavy (non-hydrogen) atoms. The molecule has 2 aromatic rings. The fraction of sp³-hybridized carbons (Fsp3) is 0.750. The van der Waals surface area contributed by atoms with Gasteiger partial charge in [0.15, 0.2) is 5.82 Å². The Morgan fingerprint density at radius 1 is 1.33 bits per heavy atom. The van der Waals surface area contributed by atoms with Crippen LogP contribution in [0.15, 0.2) is 0 Å². The van der Waals surface area contributed by atoms with E-state index in [0.29, 0.717) is 12.5 Å². The highest BCUT2D eigenvalue weighted by Crippen LogP contribution is 2.28. The highest BCUT2D eigenvalue weighted by Gasteiger charge is 2.24. The maximum Gasteiger partial charge on any atom is 0.234 e. The van der Waals surface area contributed by atoms with Crippen molar-refractivity contribution in [2.45, 2.75) is 51.9 Å². The minimum absolute atomic E-state index is 0.0479. The van der Waals surface area contributed by atoms with Gasteiger partial charge >= 0.3 is 0 Å². The molecule has 0 spiro atoms. The maximum atomic E-state index is 5.83. The van der Waals surface area contributed by atoms with Gasteiger partial charge in [-0.1, -0.05) is 45.5 Å². The van der Waals surface area contributed by atoms with E-state index in [9.17, 15) is 0 Å². The van der Waals surface area contributed by atoms with Gasteiger partial charge in [-0.3, -0.25) is 0 Å². The molecule has 0 aliphatic heterocycles. The number of fused-ring (bicyclic) bond motifs is 1. The summed E-state index contributed by atoms with van der Waals surface area (Å²) in [5.74, 6) is 1.25. The maximum absolute atomic E-state index is 5.83. The van der Waals surface area contributed by atoms with Crippen molar-refractivity contribution in [2.24, 2.45) is 5.73 Å². The van der Waals surface area contributed by atoms with Gasteiger partial charge in [-0.15, -0.1) is 10.2 Å². The van der Waals surface area contributed by atoms with Crippen LogP contribution in [0.2, 0.25) is 0 Å². The minimum atomic E-state index is -0.0479. The monoisotopic (exact) mass is 267 g/mol. The number of hydrogen-bond acceptors (Lipinski definition) is 5. The van der Waals surface area contributed by atoms with Gasteiger partial charge in [-0.25, -0.2) is 0 Å². The van der Waals surface area contributed by atoms with Gasteiger partial charge in [0, 0.05) is 17.9 Å². The number of aromatic nitrogens is 4. The Kier molecular flexibility index (Phi) is 3.68. The second kappa shape index (κ2) is 4.93. The minimum Gasteiger partial charge on any atom is -0.330 e. The lowest BCUT2D eigenvalue weighted by atomic mass is 9.96. The Labute approximate surface area is 111 Å². The Hall–Kier alpha value is -1.01. The first-order valence-electron chi connectivity index (χ1n) is 6.40. The Morgan fingerprint density at radius 2 is 2.06 bits per heavy atom. The third kappa shape index (κ3) is 2.40. The van der Waals surface area contributed by atoms with Crippen LogP contribution in [-0.2, 0) is 5.41 Å². The van der Waals surface area contributed by atoms with Crippen LogP contribution in [0.3, 0.4) is 0 Å². The third-order valence-electron chi connectivity index (χ3n) is 2.95. The van der Waals surface area contributed by atoms with Gasteiger partial charge in [-0.2, -0.15) is 9.61 Å². The van der Waals surface area contributed by atoms with Crippen molar-refractivity contribution >= 4 is 16.3 Å². The summed E-state index contributed by atoms with van der Waals surface area (Å²) < 4.78 is 1.87. The molecule has 0 amide bonds. The zero-order valence-corrected chi connectivity index (χ0v) is 12.3. The fourth-order valence-electron chi connectivity index (χ4n) is 1.96. The first-order valence-corrected chi connectivity index (χ1v) is 7.21. The molecule has 2 aromatic heterocycles. The van der Waals surface area contributed by atoms with Gasteiger partial charge in [0.2, 0.25) is 4.96 Å². The summed E-state index contributed by atoms with van der Waals surface area (Å²) in [5, 5.41) is 14.2. The van der Waals surface area contributed by atoms with E-state index in [-0.39, 0.29) is 5.41 Å². The molecule has 0 fully saturated rings. The quantitative estimate of drug-likeness (QED) is 0.923. The molecule has 100 valence electrons. The molecular formula is C12H21N5S. The van der Waals surface area contributed by atoms with Crippen molar-refractivity contribution in [3.05, 3.63) is 10.8 Å². The number of rotatable bonds is 4. The van der Waals surface area contributed by atoms with E-state index in [4.69, 9.17) is 5.73 Å². The Balaban J connectivity index is 2.41. The van der Waals surface area contributed by atoms with Crippen molar-refractivity contribution in [3.8, 4) is 0 Å². The van der Waals surface area contributed by atoms with E-state index < -0.39 is 0 Å². The van der Waals surface area contributed by atoms with Gasteiger partial charge in [0.1, 0.15) is 5.01 Å². The van der Waals surface area contributed by atoms with E-state index in [1.54, 1.807) is 11.3 Å². The van der Waals surface area contributed by atoms with Crippen LogP contribution >= 0.6 is 11.3 Å². The molecule has 0 bridgehead atoms. The highest BCUT2D eigenvalue weighted by atomic mass is 32.1. The average Bonchev–Trinajstić information content (AvgIpc) is 2.82. The predicted molar refractivity (Wildman–Crippen MR) is 74.1 cm³/mol. The van der Waals surface area contributed by atoms with Gasteiger partial charge in [0.25, 0.3) is 0 Å². The standard InChI is InChI=1S/C12H21N5S/c1-5-6-8(7-13)9-16-17-10(12(2,3)4)14-15-11(17)18-9/h8H,5-7,13H2,1-4H3. The molecule has 0 saturated carbocycles. The van der Waals surface area contributed by atoms with Crippen LogP contribution in [0.5, 0.6) is 0 Å². The number of hydrogen-bond donors (Lipinski definition) is 1. The second-order valence-corrected chi connectivity index (χ2v) is 6.62. The van der Waals surface area contributed by atoms with E-state index in [1.807, 2.05) is 4.52 Å². The Morgan fingerprint density at radius 3 is 2.61 bits per heavy atom. The molecule has 6 heteroatoms. The van der Waals surface area contributed by atoms with E-state index in [2.05, 4.69) is 43.0 Å². The second-order valence-electron chi connectivity index (χ2n) is 5.63. The van der Waals surface area contributed by atoms with Crippen LogP contribution in [0.4, 0.5) is 0 Å². The molecule has 0 aromatic carbocycles. The molecule has 2 N–H and O–H groups in total. The lowest BCUT2D eigenvalue weighted by Gasteiger charge is -2.14. The first kappa shape index (κ1) is 13.4. The van der Waals surface area contributed by atoms with E-state index in [0.717, 1.165) is 28.6 Å². The number of nitrogens with zero attached hydrogens (tertiary/aromatic N) is 4. The molecule has 1 unspecified atom stereocenters. The SMILES string of the molecule is CCCC(CN)c1nn2c(C(C)(C)C)nnc2s1. The normalized spacial score (nSPS) is 14.3. The molecule has 0 aliphatic carbocycles. The summed E-state index contributed by atoms with van der Waals surface area (Å²) in [7, 11) is 0. The molecule has 0 radical (unpaired) electrons. The topological polar surface area (TPSA) is 69.1 Å². The van der Waals surface area contributed by atoms with E-state index in [1.165, 1.54) is 0 Å². The summed E-state index contributed by atoms with van der Waals surface area (Å²) in [4.78, 5) is 0.865. The largest absolute Gasteiger partial charge is 0.330 e. The molecule has 5 nitrogen and oxygen atoms in total. The summed E-state index contributed by atoms with van der Waals surface area (Å²) in [6, 6.07) is 0. The van der Waals surface area contributed by atoms with Crippen molar-refractivity contribution in [1.82, 2.24) is 19.8 Å². The average molecular weight is 267 g/mol. The Bertz CT molecular complexity index is 522. The molecular weight excluding hydrogens is 246 g/mol. The van der Waals surface area contributed by atoms with Crippen molar-refractivity contribution in [1.29, 1.82) is 0 Å². The van der Waals surface area contributed by atoms with Gasteiger partial charge < -0.3 is 5.73 Å². The predicted octanol–water partition coefficient (Wildman–Crippen LogP) is 2.33. The van der Waals surface area contributed by atoms with Crippen LogP contribution in [0.25, 0.3) is 4.96 Å². The molecule has 2 rings (SSSR count). The summed E-state index contributed by atoms with van der Waals surface area (Å²) in [5.41, 5.74) is 5.78. The first-order chi connectivity index (χ1) is 8.47. The molecule has 0 saturated heterocycles. The molecule has 2 heterocycles. The lowest BCUT2D eigenvalue weighted by Crippen LogP contribution is -2.17. The van der Waals surface area contributed by atoms with Crippen LogP contribution < -0.4 is 5.73 Å². The van der Waals surface area contributed by atoms with Crippen LogP contribution in [-0.4, -0.2) is 26.4 Å². The van der Waals surface area contributed by atoms with E-state index >= 15 is 0 Å². The molecule has 0 aliphatic rings. The molecule has 1 atom stereocenters. The fourth-order valence-corrected chi connectivity index (χ4v) is 2.94. The number of nitrogens with two attached hydrogens (primary N) is 1. The highest BCUT2D eigenvalue weighted by molar-refractivity contribution is 7.16. The summed E-state index contributed by atoms with van der Waals surface area (Å²) in [6.07, 6.45) is 2.19.